The van der Waals surface area contributed by atoms with Gasteiger partial charge in [-0.1, -0.05) is 6.92 Å². The van der Waals surface area contributed by atoms with Crippen molar-refractivity contribution in [2.24, 2.45) is 0 Å². The van der Waals surface area contributed by atoms with Crippen molar-refractivity contribution in [1.82, 2.24) is 24.1 Å². The van der Waals surface area contributed by atoms with Gasteiger partial charge in [0.25, 0.3) is 5.56 Å². The normalized spacial score (nSPS) is 23.0. The summed E-state index contributed by atoms with van der Waals surface area (Å²) >= 11 is 0. The van der Waals surface area contributed by atoms with Crippen LogP contribution in [0.25, 0.3) is 0 Å². The van der Waals surface area contributed by atoms with E-state index in [1.54, 1.807) is 15.2 Å². The minimum atomic E-state index is -3.65. The lowest BCUT2D eigenvalue weighted by Gasteiger charge is -2.26. The van der Waals surface area contributed by atoms with Crippen LogP contribution >= 0.6 is 0 Å². The topological polar surface area (TPSA) is 101 Å². The fourth-order valence-corrected chi connectivity index (χ4v) is 5.91. The number of aromatic amines is 1. The maximum absolute atomic E-state index is 13.3. The molecule has 0 saturated carbocycles. The molecule has 0 radical (unpaired) electrons. The maximum atomic E-state index is 13.3. The number of hydrogen-bond donors (Lipinski definition) is 1. The highest BCUT2D eigenvalue weighted by Crippen LogP contribution is 2.36. The van der Waals surface area contributed by atoms with Crippen LogP contribution in [-0.2, 0) is 35.8 Å². The summed E-state index contributed by atoms with van der Waals surface area (Å²) in [6.07, 6.45) is 6.10. The smallest absolute Gasteiger partial charge is 0.254 e. The van der Waals surface area contributed by atoms with Crippen LogP contribution in [-0.4, -0.2) is 44.6 Å². The molecule has 2 aromatic heterocycles. The Morgan fingerprint density at radius 2 is 1.96 bits per heavy atom. The largest absolute Gasteiger partial charge is 0.310 e. The number of rotatable bonds is 4. The lowest BCUT2D eigenvalue weighted by Crippen LogP contribution is -2.41. The fourth-order valence-electron chi connectivity index (χ4n) is 4.09. The van der Waals surface area contributed by atoms with E-state index in [4.69, 9.17) is 0 Å². The molecule has 2 aliphatic rings. The average molecular weight is 377 g/mol. The van der Waals surface area contributed by atoms with Gasteiger partial charge in [0, 0.05) is 43.2 Å². The molecule has 1 saturated heterocycles. The van der Waals surface area contributed by atoms with Crippen molar-refractivity contribution < 1.29 is 8.42 Å². The summed E-state index contributed by atoms with van der Waals surface area (Å²) in [5, 5.41) is 4.11. The number of nitrogens with zero attached hydrogens (tertiary/aromatic N) is 4. The standard InChI is InChI=1S/C17H23N5O3S/c1-3-16-19-15-8-12-6-5-11(7-14(15)17(23)20-16)22(12)26(24,25)13-9-18-21(4-2)10-13/h9-12H,3-8H2,1-2H3,(H,19,20,23)/t11-,12+/m1/s1. The minimum Gasteiger partial charge on any atom is -0.310 e. The van der Waals surface area contributed by atoms with E-state index < -0.39 is 10.0 Å². The molecule has 2 atom stereocenters. The third-order valence-electron chi connectivity index (χ3n) is 5.42. The van der Waals surface area contributed by atoms with Gasteiger partial charge in [-0.3, -0.25) is 9.48 Å². The van der Waals surface area contributed by atoms with Crippen molar-refractivity contribution in [2.45, 2.75) is 69.5 Å². The number of nitrogens with one attached hydrogen (secondary N) is 1. The van der Waals surface area contributed by atoms with Crippen molar-refractivity contribution in [3.8, 4) is 0 Å². The van der Waals surface area contributed by atoms with Crippen molar-refractivity contribution in [3.05, 3.63) is 39.8 Å². The van der Waals surface area contributed by atoms with Crippen molar-refractivity contribution in [3.63, 3.8) is 0 Å². The van der Waals surface area contributed by atoms with Gasteiger partial charge in [0.2, 0.25) is 10.0 Å². The number of hydrogen-bond acceptors (Lipinski definition) is 5. The van der Waals surface area contributed by atoms with E-state index in [0.29, 0.717) is 37.2 Å². The molecule has 2 bridgehead atoms. The highest BCUT2D eigenvalue weighted by atomic mass is 32.2. The van der Waals surface area contributed by atoms with Gasteiger partial charge in [0.15, 0.2) is 0 Å². The molecule has 0 amide bonds. The van der Waals surface area contributed by atoms with Crippen LogP contribution in [0.2, 0.25) is 0 Å². The molecule has 2 aromatic rings. The maximum Gasteiger partial charge on any atom is 0.254 e. The molecule has 0 aliphatic carbocycles. The Morgan fingerprint density at radius 1 is 1.23 bits per heavy atom. The predicted molar refractivity (Wildman–Crippen MR) is 95.4 cm³/mol. The summed E-state index contributed by atoms with van der Waals surface area (Å²) in [4.78, 5) is 20.1. The van der Waals surface area contributed by atoms with E-state index >= 15 is 0 Å². The van der Waals surface area contributed by atoms with Crippen LogP contribution < -0.4 is 5.56 Å². The third kappa shape index (κ3) is 2.69. The van der Waals surface area contributed by atoms with E-state index in [-0.39, 0.29) is 22.5 Å². The van der Waals surface area contributed by atoms with Crippen molar-refractivity contribution in [2.75, 3.05) is 0 Å². The molecular formula is C17H23N5O3S. The van der Waals surface area contributed by atoms with Gasteiger partial charge in [0.05, 0.1) is 11.9 Å². The van der Waals surface area contributed by atoms with Gasteiger partial charge in [-0.15, -0.1) is 0 Å². The predicted octanol–water partition coefficient (Wildman–Crippen LogP) is 0.869. The van der Waals surface area contributed by atoms with Crippen molar-refractivity contribution in [1.29, 1.82) is 0 Å². The summed E-state index contributed by atoms with van der Waals surface area (Å²) in [6, 6.07) is -0.359. The van der Waals surface area contributed by atoms with Gasteiger partial charge in [-0.25, -0.2) is 13.4 Å². The second-order valence-corrected chi connectivity index (χ2v) is 8.79. The molecule has 9 heteroatoms. The van der Waals surface area contributed by atoms with Crippen LogP contribution in [0.3, 0.4) is 0 Å². The minimum absolute atomic E-state index is 0.129. The first kappa shape index (κ1) is 17.4. The molecule has 0 unspecified atom stereocenters. The van der Waals surface area contributed by atoms with Crippen LogP contribution in [0.15, 0.2) is 22.1 Å². The molecular weight excluding hydrogens is 354 g/mol. The lowest BCUT2D eigenvalue weighted by molar-refractivity contribution is 0.327. The zero-order valence-electron chi connectivity index (χ0n) is 15.0. The van der Waals surface area contributed by atoms with Crippen LogP contribution in [0, 0.1) is 0 Å². The fraction of sp³-hybridized carbons (Fsp3) is 0.588. The SMILES string of the molecule is CCc1nc2c(c(=O)[nH]1)C[C@H]1CC[C@@H](C2)N1S(=O)(=O)c1cnn(CC)c1. The Bertz CT molecular complexity index is 994. The summed E-state index contributed by atoms with van der Waals surface area (Å²) in [7, 11) is -3.65. The number of aromatic nitrogens is 4. The van der Waals surface area contributed by atoms with Crippen LogP contribution in [0.5, 0.6) is 0 Å². The quantitative estimate of drug-likeness (QED) is 0.852. The lowest BCUT2D eigenvalue weighted by atomic mass is 9.98. The Balaban J connectivity index is 1.74. The molecule has 2 aliphatic heterocycles. The van der Waals surface area contributed by atoms with E-state index in [9.17, 15) is 13.2 Å². The highest BCUT2D eigenvalue weighted by molar-refractivity contribution is 7.89. The Labute approximate surface area is 152 Å². The number of H-pyrrole nitrogens is 1. The van der Waals surface area contributed by atoms with Gasteiger partial charge >= 0.3 is 0 Å². The van der Waals surface area contributed by atoms with Gasteiger partial charge in [-0.2, -0.15) is 9.40 Å². The summed E-state index contributed by atoms with van der Waals surface area (Å²) in [5.41, 5.74) is 1.26. The monoisotopic (exact) mass is 377 g/mol. The molecule has 4 heterocycles. The Kier molecular flexibility index (Phi) is 4.23. The van der Waals surface area contributed by atoms with Crippen LogP contribution in [0.4, 0.5) is 0 Å². The van der Waals surface area contributed by atoms with Crippen molar-refractivity contribution >= 4 is 10.0 Å². The number of sulfonamides is 1. The Hall–Kier alpha value is -2.00. The summed E-state index contributed by atoms with van der Waals surface area (Å²) in [5.74, 6) is 0.658. The molecule has 140 valence electrons. The molecule has 1 N–H and O–H groups in total. The summed E-state index contributed by atoms with van der Waals surface area (Å²) < 4.78 is 29.7. The zero-order valence-corrected chi connectivity index (χ0v) is 15.8. The first-order chi connectivity index (χ1) is 12.4. The molecule has 26 heavy (non-hydrogen) atoms. The zero-order chi connectivity index (χ0) is 18.5. The first-order valence-corrected chi connectivity index (χ1v) is 10.5. The van der Waals surface area contributed by atoms with Crippen LogP contribution in [0.1, 0.15) is 43.8 Å². The second kappa shape index (κ2) is 6.31. The third-order valence-corrected chi connectivity index (χ3v) is 7.37. The Morgan fingerprint density at radius 3 is 2.62 bits per heavy atom. The number of aryl methyl sites for hydroxylation is 2. The van der Waals surface area contributed by atoms with Gasteiger partial charge in [0.1, 0.15) is 10.7 Å². The second-order valence-electron chi connectivity index (χ2n) is 6.95. The van der Waals surface area contributed by atoms with E-state index in [1.165, 1.54) is 6.20 Å². The first-order valence-electron chi connectivity index (χ1n) is 9.11. The molecule has 4 rings (SSSR count). The van der Waals surface area contributed by atoms with E-state index in [1.807, 2.05) is 13.8 Å². The molecule has 1 fully saturated rings. The summed E-state index contributed by atoms with van der Waals surface area (Å²) in [6.45, 7) is 4.47. The average Bonchev–Trinajstić information content (AvgIpc) is 3.20. The molecule has 0 spiro atoms. The van der Waals surface area contributed by atoms with E-state index in [2.05, 4.69) is 15.1 Å². The van der Waals surface area contributed by atoms with Gasteiger partial charge in [-0.05, 0) is 26.2 Å². The molecule has 0 aromatic carbocycles. The molecule has 8 nitrogen and oxygen atoms in total. The van der Waals surface area contributed by atoms with E-state index in [0.717, 1.165) is 18.5 Å². The number of fused-ring (bicyclic) bond motifs is 3. The van der Waals surface area contributed by atoms with Gasteiger partial charge < -0.3 is 4.98 Å². The highest BCUT2D eigenvalue weighted by Gasteiger charge is 2.45.